The minimum atomic E-state index is -0.131. The number of Topliss-reactive ketones (excluding diaryl/α,β-unsaturated/α-hetero) is 1. The molecule has 1 amide bonds. The van der Waals surface area contributed by atoms with Crippen LogP contribution in [0.1, 0.15) is 29.8 Å². The second-order valence-corrected chi connectivity index (χ2v) is 8.00. The van der Waals surface area contributed by atoms with E-state index >= 15 is 0 Å². The van der Waals surface area contributed by atoms with Crippen LogP contribution in [0.5, 0.6) is 0 Å². The number of benzene rings is 2. The third kappa shape index (κ3) is 5.41. The van der Waals surface area contributed by atoms with Crippen molar-refractivity contribution in [1.82, 2.24) is 0 Å². The summed E-state index contributed by atoms with van der Waals surface area (Å²) < 4.78 is 0. The van der Waals surface area contributed by atoms with Crippen molar-refractivity contribution in [3.05, 3.63) is 64.7 Å². The number of quaternary nitrogens is 2. The number of anilines is 1. The van der Waals surface area contributed by atoms with E-state index in [4.69, 9.17) is 11.6 Å². The van der Waals surface area contributed by atoms with Gasteiger partial charge in [0.1, 0.15) is 32.7 Å². The van der Waals surface area contributed by atoms with Gasteiger partial charge in [0.15, 0.2) is 11.8 Å². The predicted molar refractivity (Wildman–Crippen MR) is 111 cm³/mol. The first-order chi connectivity index (χ1) is 13.4. The molecule has 0 bridgehead atoms. The molecule has 0 unspecified atom stereocenters. The molecular formula is C22H28ClN3O2+2. The van der Waals surface area contributed by atoms with Crippen LogP contribution >= 0.6 is 11.6 Å². The normalized spacial score (nSPS) is 20.4. The van der Waals surface area contributed by atoms with Gasteiger partial charge in [0.2, 0.25) is 0 Å². The monoisotopic (exact) mass is 401 g/mol. The highest BCUT2D eigenvalue weighted by Gasteiger charge is 2.31. The molecular weight excluding hydrogens is 374 g/mol. The van der Waals surface area contributed by atoms with Crippen LogP contribution in [-0.2, 0) is 11.3 Å². The van der Waals surface area contributed by atoms with Gasteiger partial charge in [-0.1, -0.05) is 35.9 Å². The molecule has 5 nitrogen and oxygen atoms in total. The average Bonchev–Trinajstić information content (AvgIpc) is 2.68. The quantitative estimate of drug-likeness (QED) is 0.629. The molecule has 1 aliphatic heterocycles. The topological polar surface area (TPSA) is 55.0 Å². The first-order valence-corrected chi connectivity index (χ1v) is 10.1. The maximum absolute atomic E-state index is 12.7. The number of rotatable bonds is 6. The molecule has 0 aliphatic carbocycles. The highest BCUT2D eigenvalue weighted by Crippen LogP contribution is 2.11. The van der Waals surface area contributed by atoms with Gasteiger partial charge in [0, 0.05) is 21.8 Å². The van der Waals surface area contributed by atoms with E-state index in [1.807, 2.05) is 31.2 Å². The van der Waals surface area contributed by atoms with Crippen LogP contribution in [0.2, 0.25) is 5.02 Å². The third-order valence-electron chi connectivity index (χ3n) is 5.48. The molecule has 0 radical (unpaired) electrons. The number of hydrogen-bond donors (Lipinski definition) is 3. The Morgan fingerprint density at radius 2 is 1.79 bits per heavy atom. The van der Waals surface area contributed by atoms with Crippen molar-refractivity contribution in [2.45, 2.75) is 26.4 Å². The lowest BCUT2D eigenvalue weighted by atomic mass is 10.1. The predicted octanol–water partition coefficient (Wildman–Crippen LogP) is 0.853. The summed E-state index contributed by atoms with van der Waals surface area (Å²) in [7, 11) is 0. The summed E-state index contributed by atoms with van der Waals surface area (Å²) in [6, 6.07) is 15.0. The second kappa shape index (κ2) is 9.32. The minimum absolute atomic E-state index is 0.00556. The summed E-state index contributed by atoms with van der Waals surface area (Å²) >= 11 is 6.08. The molecule has 0 spiro atoms. The molecule has 1 fully saturated rings. The van der Waals surface area contributed by atoms with Gasteiger partial charge in [-0.2, -0.15) is 0 Å². The lowest BCUT2D eigenvalue weighted by molar-refractivity contribution is -1.02. The maximum atomic E-state index is 12.7. The van der Waals surface area contributed by atoms with Gasteiger partial charge in [-0.15, -0.1) is 0 Å². The molecule has 0 aromatic heterocycles. The highest BCUT2D eigenvalue weighted by molar-refractivity contribution is 6.30. The van der Waals surface area contributed by atoms with Crippen LogP contribution in [0, 0.1) is 0 Å². The number of nitrogens with one attached hydrogen (secondary N) is 3. The van der Waals surface area contributed by atoms with Crippen molar-refractivity contribution < 1.29 is 19.4 Å². The maximum Gasteiger partial charge on any atom is 0.282 e. The molecule has 1 saturated heterocycles. The number of carbonyl (C=O) groups is 2. The summed E-state index contributed by atoms with van der Waals surface area (Å²) in [6.45, 7) is 8.43. The van der Waals surface area contributed by atoms with Crippen molar-refractivity contribution in [1.29, 1.82) is 0 Å². The standard InChI is InChI=1S/C22H26ClN3O2/c1-16(22(28)24-21-8-4-6-19(14-21)17(2)27)26-11-9-25(10-12-26)15-18-5-3-7-20(23)13-18/h3-8,13-14,16H,9-12,15H2,1-2H3,(H,24,28)/p+2/t16-/m0/s1. The van der Waals surface area contributed by atoms with Gasteiger partial charge in [-0.25, -0.2) is 0 Å². The second-order valence-electron chi connectivity index (χ2n) is 7.56. The zero-order valence-corrected chi connectivity index (χ0v) is 17.2. The number of piperazine rings is 1. The largest absolute Gasteiger partial charge is 0.322 e. The number of amides is 1. The van der Waals surface area contributed by atoms with Crippen molar-refractivity contribution >= 4 is 29.0 Å². The lowest BCUT2D eigenvalue weighted by Crippen LogP contribution is -3.29. The first-order valence-electron chi connectivity index (χ1n) is 9.77. The van der Waals surface area contributed by atoms with Crippen LogP contribution in [-0.4, -0.2) is 43.9 Å². The molecule has 148 valence electrons. The number of ketones is 1. The summed E-state index contributed by atoms with van der Waals surface area (Å²) in [6.07, 6.45) is 0. The van der Waals surface area contributed by atoms with Crippen molar-refractivity contribution in [3.63, 3.8) is 0 Å². The van der Waals surface area contributed by atoms with E-state index in [1.54, 1.807) is 18.2 Å². The molecule has 2 aromatic rings. The minimum Gasteiger partial charge on any atom is -0.322 e. The Morgan fingerprint density at radius 1 is 1.07 bits per heavy atom. The SMILES string of the molecule is CC(=O)c1cccc(NC(=O)[C@H](C)[NH+]2CC[NH+](Cc3cccc(Cl)c3)CC2)c1. The number of hydrogen-bond acceptors (Lipinski definition) is 2. The first kappa shape index (κ1) is 20.5. The van der Waals surface area contributed by atoms with E-state index in [-0.39, 0.29) is 17.7 Å². The molecule has 2 aromatic carbocycles. The highest BCUT2D eigenvalue weighted by atomic mass is 35.5. The van der Waals surface area contributed by atoms with Gasteiger partial charge in [-0.3, -0.25) is 9.59 Å². The van der Waals surface area contributed by atoms with E-state index in [0.29, 0.717) is 11.3 Å². The third-order valence-corrected chi connectivity index (χ3v) is 5.72. The molecule has 28 heavy (non-hydrogen) atoms. The molecule has 1 aliphatic rings. The smallest absolute Gasteiger partial charge is 0.282 e. The Labute approximate surface area is 171 Å². The van der Waals surface area contributed by atoms with Crippen LogP contribution in [0.25, 0.3) is 0 Å². The van der Waals surface area contributed by atoms with E-state index in [1.165, 1.54) is 22.3 Å². The van der Waals surface area contributed by atoms with E-state index in [2.05, 4.69) is 11.4 Å². The van der Waals surface area contributed by atoms with Gasteiger partial charge >= 0.3 is 0 Å². The van der Waals surface area contributed by atoms with Crippen molar-refractivity contribution in [2.24, 2.45) is 0 Å². The molecule has 6 heteroatoms. The van der Waals surface area contributed by atoms with Gasteiger partial charge < -0.3 is 15.1 Å². The number of halogens is 1. The number of carbonyl (C=O) groups excluding carboxylic acids is 2. The van der Waals surface area contributed by atoms with Gasteiger partial charge in [0.05, 0.1) is 0 Å². The van der Waals surface area contributed by atoms with Crippen molar-refractivity contribution in [2.75, 3.05) is 31.5 Å². The molecule has 1 heterocycles. The Kier molecular flexibility index (Phi) is 6.83. The molecule has 3 N–H and O–H groups in total. The summed E-state index contributed by atoms with van der Waals surface area (Å²) in [5.74, 6) is -0.0115. The van der Waals surface area contributed by atoms with Gasteiger partial charge in [0.25, 0.3) is 5.91 Å². The Balaban J connectivity index is 1.51. The fourth-order valence-corrected chi connectivity index (χ4v) is 3.93. The summed E-state index contributed by atoms with van der Waals surface area (Å²) in [5.41, 5.74) is 2.53. The Bertz CT molecular complexity index is 847. The Hall–Kier alpha value is -2.21. The van der Waals surface area contributed by atoms with E-state index < -0.39 is 0 Å². The molecule has 0 saturated carbocycles. The summed E-state index contributed by atoms with van der Waals surface area (Å²) in [4.78, 5) is 27.0. The van der Waals surface area contributed by atoms with Crippen LogP contribution in [0.3, 0.4) is 0 Å². The van der Waals surface area contributed by atoms with Crippen LogP contribution in [0.15, 0.2) is 48.5 Å². The van der Waals surface area contributed by atoms with E-state index in [9.17, 15) is 9.59 Å². The van der Waals surface area contributed by atoms with E-state index in [0.717, 1.165) is 37.7 Å². The fraction of sp³-hybridized carbons (Fsp3) is 0.364. The fourth-order valence-electron chi connectivity index (χ4n) is 3.72. The molecule has 1 atom stereocenters. The molecule has 3 rings (SSSR count). The summed E-state index contributed by atoms with van der Waals surface area (Å²) in [5, 5.41) is 3.74. The zero-order valence-electron chi connectivity index (χ0n) is 16.4. The van der Waals surface area contributed by atoms with Crippen LogP contribution < -0.4 is 15.1 Å². The van der Waals surface area contributed by atoms with Crippen LogP contribution in [0.4, 0.5) is 5.69 Å². The average molecular weight is 402 g/mol. The van der Waals surface area contributed by atoms with Crippen molar-refractivity contribution in [3.8, 4) is 0 Å². The zero-order chi connectivity index (χ0) is 20.1. The Morgan fingerprint density at radius 3 is 2.46 bits per heavy atom. The van der Waals surface area contributed by atoms with Gasteiger partial charge in [-0.05, 0) is 38.1 Å². The lowest BCUT2D eigenvalue weighted by Gasteiger charge is -2.32.